The lowest BCUT2D eigenvalue weighted by molar-refractivity contribution is -0.147. The highest BCUT2D eigenvalue weighted by Gasteiger charge is 2.30. The minimum Gasteiger partial charge on any atom is -0.481 e. The number of carbonyl (C=O) groups excluding carboxylic acids is 4. The summed E-state index contributed by atoms with van der Waals surface area (Å²) >= 11 is 3.85. The molecule has 0 aromatic heterocycles. The normalized spacial score (nSPS) is 14.5. The molecule has 0 aliphatic heterocycles. The van der Waals surface area contributed by atoms with E-state index in [0.29, 0.717) is 0 Å². The number of carbonyl (C=O) groups is 6. The third-order valence-electron chi connectivity index (χ3n) is 3.65. The third-order valence-corrected chi connectivity index (χ3v) is 4.05. The zero-order chi connectivity index (χ0) is 23.4. The number of aliphatic hydroxyl groups is 1. The Morgan fingerprint density at radius 2 is 1.37 bits per heavy atom. The Morgan fingerprint density at radius 3 is 1.80 bits per heavy atom. The van der Waals surface area contributed by atoms with Gasteiger partial charge in [-0.25, -0.2) is 4.79 Å². The number of nitrogens with one attached hydrogen (secondary N) is 3. The highest BCUT2D eigenvalue weighted by atomic mass is 32.1. The smallest absolute Gasteiger partial charge is 0.326 e. The van der Waals surface area contributed by atoms with Crippen molar-refractivity contribution < 1.29 is 44.1 Å². The second-order valence-electron chi connectivity index (χ2n) is 6.10. The number of carboxylic acid groups (broad SMARTS) is 2. The van der Waals surface area contributed by atoms with Gasteiger partial charge in [-0.2, -0.15) is 12.6 Å². The molecule has 4 amide bonds. The second-order valence-corrected chi connectivity index (χ2v) is 6.46. The van der Waals surface area contributed by atoms with E-state index >= 15 is 0 Å². The summed E-state index contributed by atoms with van der Waals surface area (Å²) in [5.74, 6) is -6.88. The van der Waals surface area contributed by atoms with Gasteiger partial charge in [-0.15, -0.1) is 0 Å². The van der Waals surface area contributed by atoms with Crippen molar-refractivity contribution in [2.45, 2.75) is 43.4 Å². The lowest BCUT2D eigenvalue weighted by Crippen LogP contribution is -2.58. The lowest BCUT2D eigenvalue weighted by Gasteiger charge is -2.23. The standard InChI is InChI=1S/C15H25N5O9S/c16-6(5-30)12(25)18-7(1-2-10(17)22)13(26)20-9(4-21)14(27)19-8(15(28)29)3-11(23)24/h6-9,21,30H,1-5,16H2,(H2,17,22)(H,18,25)(H,19,27)(H,20,26)(H,23,24)(H,28,29). The molecule has 0 radical (unpaired) electrons. The van der Waals surface area contributed by atoms with Gasteiger partial charge in [0.2, 0.25) is 23.6 Å². The van der Waals surface area contributed by atoms with E-state index in [4.69, 9.17) is 21.7 Å². The molecule has 170 valence electrons. The summed E-state index contributed by atoms with van der Waals surface area (Å²) in [6, 6.07) is -5.90. The molecule has 0 rings (SSSR count). The zero-order valence-electron chi connectivity index (χ0n) is 15.7. The van der Waals surface area contributed by atoms with Crippen LogP contribution in [0.5, 0.6) is 0 Å². The van der Waals surface area contributed by atoms with Crippen LogP contribution < -0.4 is 27.4 Å². The van der Waals surface area contributed by atoms with Crippen LogP contribution in [0.25, 0.3) is 0 Å². The van der Waals surface area contributed by atoms with Crippen LogP contribution in [0.4, 0.5) is 0 Å². The van der Waals surface area contributed by atoms with Gasteiger partial charge in [-0.3, -0.25) is 24.0 Å². The van der Waals surface area contributed by atoms with Crippen molar-refractivity contribution in [2.24, 2.45) is 11.5 Å². The molecule has 14 nitrogen and oxygen atoms in total. The van der Waals surface area contributed by atoms with Crippen LogP contribution in [0.3, 0.4) is 0 Å². The van der Waals surface area contributed by atoms with Gasteiger partial charge in [-0.1, -0.05) is 0 Å². The van der Waals surface area contributed by atoms with Gasteiger partial charge in [0.15, 0.2) is 0 Å². The van der Waals surface area contributed by atoms with Crippen LogP contribution in [-0.2, 0) is 28.8 Å². The fourth-order valence-corrected chi connectivity index (χ4v) is 2.20. The minimum atomic E-state index is -1.81. The molecule has 0 aromatic carbocycles. The highest BCUT2D eigenvalue weighted by Crippen LogP contribution is 2.01. The maximum Gasteiger partial charge on any atom is 0.326 e. The molecular weight excluding hydrogens is 426 g/mol. The summed E-state index contributed by atoms with van der Waals surface area (Å²) in [7, 11) is 0. The highest BCUT2D eigenvalue weighted by molar-refractivity contribution is 7.80. The van der Waals surface area contributed by atoms with Gasteiger partial charge in [0.05, 0.1) is 19.1 Å². The van der Waals surface area contributed by atoms with Crippen molar-refractivity contribution in [3.8, 4) is 0 Å². The SMILES string of the molecule is NC(=O)CCC(NC(=O)C(N)CS)C(=O)NC(CO)C(=O)NC(CC(=O)O)C(=O)O. The number of aliphatic hydroxyl groups excluding tert-OH is 1. The van der Waals surface area contributed by atoms with Crippen molar-refractivity contribution in [2.75, 3.05) is 12.4 Å². The van der Waals surface area contributed by atoms with Gasteiger partial charge >= 0.3 is 11.9 Å². The summed E-state index contributed by atoms with van der Waals surface area (Å²) in [6.45, 7) is -0.969. The number of hydrogen-bond acceptors (Lipinski definition) is 9. The first-order valence-corrected chi connectivity index (χ1v) is 9.17. The third kappa shape index (κ3) is 10.0. The number of aliphatic carboxylic acids is 2. The molecule has 30 heavy (non-hydrogen) atoms. The number of hydrogen-bond donors (Lipinski definition) is 9. The van der Waals surface area contributed by atoms with E-state index < -0.39 is 72.8 Å². The van der Waals surface area contributed by atoms with Gasteiger partial charge in [-0.05, 0) is 6.42 Å². The minimum absolute atomic E-state index is 0.0438. The Kier molecular flexibility index (Phi) is 12.0. The summed E-state index contributed by atoms with van der Waals surface area (Å²) in [6.07, 6.45) is -1.49. The Labute approximate surface area is 176 Å². The Morgan fingerprint density at radius 1 is 0.867 bits per heavy atom. The summed E-state index contributed by atoms with van der Waals surface area (Å²) in [5.41, 5.74) is 10.5. The quantitative estimate of drug-likeness (QED) is 0.114. The first-order chi connectivity index (χ1) is 13.9. The first-order valence-electron chi connectivity index (χ1n) is 8.54. The average Bonchev–Trinajstić information content (AvgIpc) is 2.66. The molecular formula is C15H25N5O9S. The van der Waals surface area contributed by atoms with Gasteiger partial charge in [0, 0.05) is 12.2 Å². The number of rotatable bonds is 14. The number of nitrogens with two attached hydrogens (primary N) is 2. The van der Waals surface area contributed by atoms with Gasteiger partial charge in [0.25, 0.3) is 0 Å². The molecule has 15 heteroatoms. The number of amides is 4. The van der Waals surface area contributed by atoms with Crippen molar-refractivity contribution in [1.82, 2.24) is 16.0 Å². The largest absolute Gasteiger partial charge is 0.481 e. The number of thiol groups is 1. The molecule has 4 unspecified atom stereocenters. The molecule has 0 saturated carbocycles. The van der Waals surface area contributed by atoms with Gasteiger partial charge < -0.3 is 42.7 Å². The molecule has 0 aromatic rings. The number of primary amides is 1. The molecule has 0 aliphatic rings. The van der Waals surface area contributed by atoms with E-state index in [-0.39, 0.29) is 18.6 Å². The molecule has 0 aliphatic carbocycles. The topological polar surface area (TPSA) is 251 Å². The van der Waals surface area contributed by atoms with Crippen LogP contribution in [0.1, 0.15) is 19.3 Å². The molecule has 4 atom stereocenters. The first kappa shape index (κ1) is 27.1. The van der Waals surface area contributed by atoms with Crippen molar-refractivity contribution in [3.05, 3.63) is 0 Å². The fraction of sp³-hybridized carbons (Fsp3) is 0.600. The fourth-order valence-electron chi connectivity index (χ4n) is 2.03. The van der Waals surface area contributed by atoms with Crippen LogP contribution >= 0.6 is 12.6 Å². The predicted molar refractivity (Wildman–Crippen MR) is 103 cm³/mol. The van der Waals surface area contributed by atoms with Crippen LogP contribution in [0.2, 0.25) is 0 Å². The van der Waals surface area contributed by atoms with Gasteiger partial charge in [0.1, 0.15) is 18.1 Å². The second kappa shape index (κ2) is 13.3. The van der Waals surface area contributed by atoms with Crippen LogP contribution in [0, 0.1) is 0 Å². The molecule has 0 fully saturated rings. The Hall–Kier alpha value is -2.91. The van der Waals surface area contributed by atoms with E-state index in [9.17, 15) is 33.9 Å². The maximum absolute atomic E-state index is 12.4. The van der Waals surface area contributed by atoms with Crippen molar-refractivity contribution in [3.63, 3.8) is 0 Å². The lowest BCUT2D eigenvalue weighted by atomic mass is 10.1. The molecule has 10 N–H and O–H groups in total. The molecule has 0 spiro atoms. The van der Waals surface area contributed by atoms with E-state index in [1.54, 1.807) is 0 Å². The molecule has 0 saturated heterocycles. The predicted octanol–water partition coefficient (Wildman–Crippen LogP) is -4.48. The van der Waals surface area contributed by atoms with Crippen molar-refractivity contribution in [1.29, 1.82) is 0 Å². The van der Waals surface area contributed by atoms with Crippen LogP contribution in [-0.4, -0.2) is 87.4 Å². The van der Waals surface area contributed by atoms with E-state index in [2.05, 4.69) is 23.3 Å². The van der Waals surface area contributed by atoms with E-state index in [1.165, 1.54) is 0 Å². The van der Waals surface area contributed by atoms with E-state index in [1.807, 2.05) is 5.32 Å². The monoisotopic (exact) mass is 451 g/mol. The molecule has 0 bridgehead atoms. The van der Waals surface area contributed by atoms with Crippen molar-refractivity contribution >= 4 is 48.2 Å². The summed E-state index contributed by atoms with van der Waals surface area (Å²) in [5, 5.41) is 33.2. The van der Waals surface area contributed by atoms with E-state index in [0.717, 1.165) is 0 Å². The Balaban J connectivity index is 5.26. The summed E-state index contributed by atoms with van der Waals surface area (Å²) < 4.78 is 0. The zero-order valence-corrected chi connectivity index (χ0v) is 16.6. The average molecular weight is 451 g/mol. The maximum atomic E-state index is 12.4. The Bertz CT molecular complexity index is 675. The number of carboxylic acids is 2. The molecule has 0 heterocycles. The van der Waals surface area contributed by atoms with Crippen LogP contribution in [0.15, 0.2) is 0 Å². The summed E-state index contributed by atoms with van der Waals surface area (Å²) in [4.78, 5) is 69.2.